The van der Waals surface area contributed by atoms with E-state index in [0.717, 1.165) is 11.0 Å². The smallest absolute Gasteiger partial charge is 0.433 e. The summed E-state index contributed by atoms with van der Waals surface area (Å²) in [6, 6.07) is 10.2. The van der Waals surface area contributed by atoms with E-state index < -0.39 is 64.1 Å². The zero-order valence-electron chi connectivity index (χ0n) is 21.9. The van der Waals surface area contributed by atoms with Crippen LogP contribution < -0.4 is 10.9 Å². The number of fused-ring (bicyclic) bond motifs is 1. The van der Waals surface area contributed by atoms with E-state index in [2.05, 4.69) is 5.32 Å². The van der Waals surface area contributed by atoms with E-state index in [4.69, 9.17) is 4.42 Å². The molecule has 2 saturated heterocycles. The molecule has 0 aliphatic carbocycles. The number of benzene rings is 1. The number of nitrogens with zero attached hydrogens (tertiary/aromatic N) is 4. The van der Waals surface area contributed by atoms with Crippen molar-refractivity contribution < 1.29 is 28.8 Å². The third-order valence-electron chi connectivity index (χ3n) is 7.88. The van der Waals surface area contributed by atoms with Crippen molar-refractivity contribution in [3.8, 4) is 5.69 Å². The van der Waals surface area contributed by atoms with Gasteiger partial charge < -0.3 is 9.52 Å². The summed E-state index contributed by atoms with van der Waals surface area (Å²) in [4.78, 5) is 65.6. The Kier molecular flexibility index (Phi) is 6.92. The van der Waals surface area contributed by atoms with Gasteiger partial charge in [0.05, 0.1) is 41.7 Å². The van der Waals surface area contributed by atoms with E-state index >= 15 is 0 Å². The summed E-state index contributed by atoms with van der Waals surface area (Å²) < 4.78 is 8.24. The summed E-state index contributed by atoms with van der Waals surface area (Å²) in [5, 5.41) is 24.6. The van der Waals surface area contributed by atoms with Gasteiger partial charge in [0.2, 0.25) is 11.8 Å². The topological polar surface area (TPSA) is 170 Å². The van der Waals surface area contributed by atoms with E-state index in [-0.39, 0.29) is 17.7 Å². The van der Waals surface area contributed by atoms with Gasteiger partial charge in [-0.25, -0.2) is 4.68 Å². The summed E-state index contributed by atoms with van der Waals surface area (Å²) in [5.74, 6) is -5.36. The van der Waals surface area contributed by atoms with Crippen LogP contribution in [0, 0.1) is 28.9 Å². The average Bonchev–Trinajstić information content (AvgIpc) is 3.64. The maximum Gasteiger partial charge on any atom is 0.433 e. The van der Waals surface area contributed by atoms with Crippen molar-refractivity contribution in [2.45, 2.75) is 31.5 Å². The molecule has 4 unspecified atom stereocenters. The molecule has 0 spiro atoms. The summed E-state index contributed by atoms with van der Waals surface area (Å²) >= 11 is 1.39. The van der Waals surface area contributed by atoms with Gasteiger partial charge in [0, 0.05) is 12.7 Å². The van der Waals surface area contributed by atoms with Gasteiger partial charge in [0.1, 0.15) is 16.2 Å². The number of thioether (sulfide) groups is 1. The van der Waals surface area contributed by atoms with E-state index in [1.54, 1.807) is 49.2 Å². The molecular weight excluding hydrogens is 542 g/mol. The van der Waals surface area contributed by atoms with E-state index in [9.17, 15) is 34.4 Å². The van der Waals surface area contributed by atoms with Crippen molar-refractivity contribution in [2.75, 3.05) is 12.0 Å². The molecule has 2 N–H and O–H groups in total. The molecule has 4 heterocycles. The van der Waals surface area contributed by atoms with Crippen LogP contribution in [-0.4, -0.2) is 59.6 Å². The molecule has 0 radical (unpaired) electrons. The van der Waals surface area contributed by atoms with Gasteiger partial charge in [-0.15, -0.1) is 0 Å². The number of furan rings is 1. The van der Waals surface area contributed by atoms with Gasteiger partial charge in [0.15, 0.2) is 0 Å². The van der Waals surface area contributed by atoms with Crippen LogP contribution in [0.2, 0.25) is 0 Å². The van der Waals surface area contributed by atoms with E-state index in [0.29, 0.717) is 17.1 Å². The molecule has 2 aliphatic heterocycles. The Morgan fingerprint density at radius 1 is 1.18 bits per heavy atom. The quantitative estimate of drug-likeness (QED) is 0.221. The number of carbonyl (C=O) groups is 3. The minimum atomic E-state index is -1.82. The highest BCUT2D eigenvalue weighted by Crippen LogP contribution is 2.50. The molecule has 2 aliphatic rings. The molecule has 2 fully saturated rings. The summed E-state index contributed by atoms with van der Waals surface area (Å²) in [6.07, 6.45) is 1.83. The second kappa shape index (κ2) is 10.1. The number of aliphatic carboxylic acids is 1. The van der Waals surface area contributed by atoms with Crippen molar-refractivity contribution in [1.82, 2.24) is 19.6 Å². The van der Waals surface area contributed by atoms with E-state index in [1.807, 2.05) is 6.07 Å². The fourth-order valence-corrected chi connectivity index (χ4v) is 6.44. The Morgan fingerprint density at radius 2 is 1.88 bits per heavy atom. The molecule has 1 aromatic carbocycles. The lowest BCUT2D eigenvalue weighted by molar-refractivity contribution is -0.402. The Bertz CT molecular complexity index is 1580. The van der Waals surface area contributed by atoms with Crippen molar-refractivity contribution in [1.29, 1.82) is 0 Å². The monoisotopic (exact) mass is 569 g/mol. The number of hydrogen-bond donors (Lipinski definition) is 2. The molecule has 3 aromatic rings. The first-order chi connectivity index (χ1) is 19.0. The number of nitro groups is 1. The minimum Gasteiger partial charge on any atom is -0.480 e. The molecule has 0 bridgehead atoms. The van der Waals surface area contributed by atoms with Gasteiger partial charge >= 0.3 is 11.9 Å². The van der Waals surface area contributed by atoms with Crippen LogP contribution in [0.1, 0.15) is 29.5 Å². The lowest BCUT2D eigenvalue weighted by Gasteiger charge is -2.30. The predicted octanol–water partition coefficient (Wildman–Crippen LogP) is 2.01. The molecule has 2 aromatic heterocycles. The normalized spacial score (nSPS) is 24.1. The zero-order chi connectivity index (χ0) is 28.9. The number of carboxylic acids is 1. The Morgan fingerprint density at radius 3 is 2.48 bits per heavy atom. The molecular formula is C26H27N5O8S. The molecule has 5 rings (SSSR count). The van der Waals surface area contributed by atoms with Crippen LogP contribution in [0.5, 0.6) is 0 Å². The number of rotatable bonds is 9. The number of hydrogen-bond acceptors (Lipinski definition) is 9. The summed E-state index contributed by atoms with van der Waals surface area (Å²) in [7, 11) is 1.69. The number of amides is 2. The molecule has 14 heteroatoms. The Hall–Kier alpha value is -4.17. The number of likely N-dealkylation sites (tertiary alicyclic amines) is 1. The summed E-state index contributed by atoms with van der Waals surface area (Å²) in [6.45, 7) is 1.31. The van der Waals surface area contributed by atoms with Crippen molar-refractivity contribution in [2.24, 2.45) is 18.9 Å². The van der Waals surface area contributed by atoms with Crippen molar-refractivity contribution >= 4 is 35.4 Å². The molecule has 210 valence electrons. The summed E-state index contributed by atoms with van der Waals surface area (Å²) in [5.41, 5.74) is -0.960. The first kappa shape index (κ1) is 27.4. The minimum absolute atomic E-state index is 0.00486. The van der Waals surface area contributed by atoms with Crippen LogP contribution in [0.15, 0.2) is 51.7 Å². The number of imide groups is 1. The number of nitrogens with one attached hydrogen (secondary N) is 1. The van der Waals surface area contributed by atoms with Crippen LogP contribution >= 0.6 is 11.8 Å². The zero-order valence-corrected chi connectivity index (χ0v) is 22.7. The Labute approximate surface area is 231 Å². The average molecular weight is 570 g/mol. The molecule has 0 saturated carbocycles. The molecule has 40 heavy (non-hydrogen) atoms. The number of carbonyl (C=O) groups excluding carboxylic acids is 2. The van der Waals surface area contributed by atoms with Gasteiger partial charge in [-0.2, -0.15) is 11.8 Å². The molecule has 2 amide bonds. The predicted molar refractivity (Wildman–Crippen MR) is 143 cm³/mol. The SMILES string of the molecule is CSCCC1(C(=O)O)NC(c2c(C)n(C)n(-c3ccccc3)c2=O)C2C(=O)N(Cc3ccc([N+](=O)[O-])o3)C(=O)C21. The third-order valence-corrected chi connectivity index (χ3v) is 8.49. The fraction of sp³-hybridized carbons (Fsp3) is 0.385. The highest BCUT2D eigenvalue weighted by atomic mass is 32.2. The molecule has 4 atom stereocenters. The highest BCUT2D eigenvalue weighted by molar-refractivity contribution is 7.98. The van der Waals surface area contributed by atoms with Crippen LogP contribution in [0.25, 0.3) is 5.69 Å². The van der Waals surface area contributed by atoms with Gasteiger partial charge in [0.25, 0.3) is 5.56 Å². The van der Waals surface area contributed by atoms with Gasteiger partial charge in [-0.1, -0.05) is 18.2 Å². The van der Waals surface area contributed by atoms with Crippen LogP contribution in [0.3, 0.4) is 0 Å². The maximum atomic E-state index is 13.9. The maximum absolute atomic E-state index is 13.9. The fourth-order valence-electron chi connectivity index (χ4n) is 5.91. The standard InChI is InChI=1S/C26H27N5O8S/c1-14-18(23(33)30(28(14)2)15-7-5-4-6-8-15)21-19-20(26(27-21,25(35)36)11-12-40-3)24(34)29(22(19)32)13-16-9-10-17(39-16)31(37)38/h4-10,19-21,27H,11-13H2,1-3H3,(H,35,36). The largest absolute Gasteiger partial charge is 0.480 e. The number of para-hydroxylation sites is 1. The van der Waals surface area contributed by atoms with Crippen LogP contribution in [-0.2, 0) is 28.0 Å². The third kappa shape index (κ3) is 4.05. The number of carboxylic acid groups (broad SMARTS) is 1. The van der Waals surface area contributed by atoms with E-state index in [1.165, 1.54) is 22.5 Å². The van der Waals surface area contributed by atoms with Crippen molar-refractivity contribution in [3.05, 3.63) is 80.0 Å². The lowest BCUT2D eigenvalue weighted by atomic mass is 9.78. The highest BCUT2D eigenvalue weighted by Gasteiger charge is 2.68. The number of aromatic nitrogens is 2. The van der Waals surface area contributed by atoms with Crippen molar-refractivity contribution in [3.63, 3.8) is 0 Å². The first-order valence-electron chi connectivity index (χ1n) is 12.5. The second-order valence-corrected chi connectivity index (χ2v) is 10.9. The van der Waals surface area contributed by atoms with Gasteiger partial charge in [-0.3, -0.25) is 44.2 Å². The Balaban J connectivity index is 1.63. The first-order valence-corrected chi connectivity index (χ1v) is 13.8. The van der Waals surface area contributed by atoms with Gasteiger partial charge in [-0.05, 0) is 43.6 Å². The van der Waals surface area contributed by atoms with Crippen LogP contribution in [0.4, 0.5) is 5.88 Å². The second-order valence-electron chi connectivity index (χ2n) is 9.88. The molecule has 13 nitrogen and oxygen atoms in total. The lowest BCUT2D eigenvalue weighted by Crippen LogP contribution is -2.56.